The molecule has 0 saturated carbocycles. The van der Waals surface area contributed by atoms with Crippen LogP contribution in [0.4, 0.5) is 0 Å². The smallest absolute Gasteiger partial charge is 0.305 e. The third-order valence-corrected chi connectivity index (χ3v) is 3.93. The third-order valence-electron chi connectivity index (χ3n) is 3.28. The van der Waals surface area contributed by atoms with Crippen molar-refractivity contribution in [2.24, 2.45) is 0 Å². The fraction of sp³-hybridized carbons (Fsp3) is 0.647. The van der Waals surface area contributed by atoms with Crippen LogP contribution in [0, 0.1) is 0 Å². The van der Waals surface area contributed by atoms with Crippen LogP contribution in [0.25, 0.3) is 0 Å². The molecule has 0 heterocycles. The van der Waals surface area contributed by atoms with Crippen LogP contribution in [0.2, 0.25) is 0 Å². The van der Waals surface area contributed by atoms with Crippen molar-refractivity contribution in [1.82, 2.24) is 5.32 Å². The van der Waals surface area contributed by atoms with Crippen molar-refractivity contribution in [3.8, 4) is 0 Å². The standard InChI is InChI=1S/C17H27Br2NO3/c18-15(19)11-9-7-5-3-1-2-4-6-8-10-12-16(21)20-14-13-17(22)23/h10-12H,1-9,13-14H2,(H,20,21)(H,22,23)/b12-10+. The first kappa shape index (κ1) is 22.4. The highest BCUT2D eigenvalue weighted by molar-refractivity contribution is 9.28. The van der Waals surface area contributed by atoms with E-state index in [0.29, 0.717) is 0 Å². The summed E-state index contributed by atoms with van der Waals surface area (Å²) in [5.74, 6) is -1.11. The number of amides is 1. The molecule has 2 N–H and O–H groups in total. The first-order chi connectivity index (χ1) is 11.0. The largest absolute Gasteiger partial charge is 0.481 e. The number of carbonyl (C=O) groups is 2. The van der Waals surface area contributed by atoms with Gasteiger partial charge in [0.05, 0.1) is 9.81 Å². The minimum Gasteiger partial charge on any atom is -0.481 e. The average molecular weight is 453 g/mol. The molecule has 0 bridgehead atoms. The Kier molecular flexibility index (Phi) is 15.8. The van der Waals surface area contributed by atoms with E-state index in [0.717, 1.165) is 22.7 Å². The Morgan fingerprint density at radius 1 is 0.913 bits per heavy atom. The number of carbonyl (C=O) groups excluding carboxylic acids is 1. The number of rotatable bonds is 14. The molecule has 23 heavy (non-hydrogen) atoms. The van der Waals surface area contributed by atoms with Gasteiger partial charge in [-0.2, -0.15) is 0 Å². The quantitative estimate of drug-likeness (QED) is 0.278. The summed E-state index contributed by atoms with van der Waals surface area (Å²) in [4.78, 5) is 21.6. The maximum atomic E-state index is 11.3. The van der Waals surface area contributed by atoms with E-state index in [1.165, 1.54) is 44.6 Å². The van der Waals surface area contributed by atoms with Crippen LogP contribution in [0.3, 0.4) is 0 Å². The highest BCUT2D eigenvalue weighted by atomic mass is 79.9. The van der Waals surface area contributed by atoms with Gasteiger partial charge in [-0.25, -0.2) is 0 Å². The molecule has 132 valence electrons. The Morgan fingerprint density at radius 3 is 2.04 bits per heavy atom. The van der Waals surface area contributed by atoms with Crippen LogP contribution in [0.5, 0.6) is 0 Å². The molecule has 0 aromatic carbocycles. The molecule has 0 aliphatic rings. The van der Waals surface area contributed by atoms with Gasteiger partial charge < -0.3 is 10.4 Å². The SMILES string of the molecule is O=C(O)CCNC(=O)/C=C/CCCCCCCCCC=C(Br)Br. The summed E-state index contributed by atoms with van der Waals surface area (Å²) in [7, 11) is 0. The van der Waals surface area contributed by atoms with Crippen LogP contribution in [-0.4, -0.2) is 23.5 Å². The van der Waals surface area contributed by atoms with E-state index in [2.05, 4.69) is 43.3 Å². The highest BCUT2D eigenvalue weighted by Crippen LogP contribution is 2.16. The number of carboxylic acids is 1. The van der Waals surface area contributed by atoms with Gasteiger partial charge in [0.15, 0.2) is 0 Å². The number of hydrogen-bond donors (Lipinski definition) is 2. The molecule has 0 rings (SSSR count). The van der Waals surface area contributed by atoms with E-state index in [4.69, 9.17) is 5.11 Å². The van der Waals surface area contributed by atoms with Crippen LogP contribution >= 0.6 is 31.9 Å². The molecule has 0 spiro atoms. The van der Waals surface area contributed by atoms with Crippen molar-refractivity contribution in [2.45, 2.75) is 64.2 Å². The minimum absolute atomic E-state index is 0.0384. The van der Waals surface area contributed by atoms with Gasteiger partial charge in [0.1, 0.15) is 0 Å². The molecular formula is C17H27Br2NO3. The molecule has 0 unspecified atom stereocenters. The second-order valence-corrected chi connectivity index (χ2v) is 8.16. The molecule has 0 radical (unpaired) electrons. The molecule has 6 heteroatoms. The van der Waals surface area contributed by atoms with Crippen LogP contribution < -0.4 is 5.32 Å². The molecular weight excluding hydrogens is 426 g/mol. The topological polar surface area (TPSA) is 66.4 Å². The maximum Gasteiger partial charge on any atom is 0.305 e. The second-order valence-electron chi connectivity index (χ2n) is 5.38. The van der Waals surface area contributed by atoms with Crippen molar-refractivity contribution < 1.29 is 14.7 Å². The van der Waals surface area contributed by atoms with Crippen LogP contribution in [-0.2, 0) is 9.59 Å². The number of allylic oxidation sites excluding steroid dienone is 2. The summed E-state index contributed by atoms with van der Waals surface area (Å²) in [6, 6.07) is 0. The zero-order valence-corrected chi connectivity index (χ0v) is 16.7. The zero-order valence-electron chi connectivity index (χ0n) is 13.5. The summed E-state index contributed by atoms with van der Waals surface area (Å²) in [5, 5.41) is 11.0. The predicted molar refractivity (Wildman–Crippen MR) is 102 cm³/mol. The van der Waals surface area contributed by atoms with Crippen molar-refractivity contribution >= 4 is 43.7 Å². The van der Waals surface area contributed by atoms with Gasteiger partial charge in [-0.3, -0.25) is 9.59 Å². The lowest BCUT2D eigenvalue weighted by Gasteiger charge is -2.00. The molecule has 0 aromatic heterocycles. The van der Waals surface area contributed by atoms with Crippen molar-refractivity contribution in [3.05, 3.63) is 21.6 Å². The Labute approximate surface area is 156 Å². The lowest BCUT2D eigenvalue weighted by atomic mass is 10.1. The third kappa shape index (κ3) is 19.3. The second kappa shape index (κ2) is 16.2. The Bertz CT molecular complexity index is 391. The average Bonchev–Trinajstić information content (AvgIpc) is 2.47. The summed E-state index contributed by atoms with van der Waals surface area (Å²) in [6.07, 6.45) is 16.1. The molecule has 0 fully saturated rings. The molecule has 4 nitrogen and oxygen atoms in total. The first-order valence-corrected chi connectivity index (χ1v) is 9.78. The predicted octanol–water partition coefficient (Wildman–Crippen LogP) is 5.28. The van der Waals surface area contributed by atoms with E-state index in [9.17, 15) is 9.59 Å². The number of carboxylic acid groups (broad SMARTS) is 1. The summed E-state index contributed by atoms with van der Waals surface area (Å²) < 4.78 is 1.04. The number of halogens is 2. The van der Waals surface area contributed by atoms with Crippen LogP contribution in [0.1, 0.15) is 64.2 Å². The minimum atomic E-state index is -0.901. The van der Waals surface area contributed by atoms with E-state index in [1.807, 2.05) is 6.08 Å². The van der Waals surface area contributed by atoms with Gasteiger partial charge in [-0.05, 0) is 63.6 Å². The van der Waals surface area contributed by atoms with E-state index >= 15 is 0 Å². The Balaban J connectivity index is 3.32. The molecule has 0 aliphatic carbocycles. The lowest BCUT2D eigenvalue weighted by molar-refractivity contribution is -0.136. The van der Waals surface area contributed by atoms with Gasteiger partial charge in [-0.1, -0.05) is 44.3 Å². The summed E-state index contributed by atoms with van der Waals surface area (Å²) in [6.45, 7) is 0.181. The van der Waals surface area contributed by atoms with Crippen molar-refractivity contribution in [1.29, 1.82) is 0 Å². The van der Waals surface area contributed by atoms with Crippen molar-refractivity contribution in [2.75, 3.05) is 6.54 Å². The highest BCUT2D eigenvalue weighted by Gasteiger charge is 1.98. The Hall–Kier alpha value is -0.620. The van der Waals surface area contributed by atoms with Gasteiger partial charge >= 0.3 is 5.97 Å². The van der Waals surface area contributed by atoms with Gasteiger partial charge in [0.2, 0.25) is 5.91 Å². The molecule has 0 aromatic rings. The fourth-order valence-electron chi connectivity index (χ4n) is 2.04. The van der Waals surface area contributed by atoms with Crippen molar-refractivity contribution in [3.63, 3.8) is 0 Å². The normalized spacial score (nSPS) is 10.7. The molecule has 0 aliphatic heterocycles. The number of nitrogens with one attached hydrogen (secondary N) is 1. The fourth-order valence-corrected chi connectivity index (χ4v) is 2.50. The number of hydrogen-bond acceptors (Lipinski definition) is 2. The van der Waals surface area contributed by atoms with E-state index < -0.39 is 5.97 Å². The zero-order chi connectivity index (χ0) is 17.3. The lowest BCUT2D eigenvalue weighted by Crippen LogP contribution is -2.23. The number of unbranched alkanes of at least 4 members (excludes halogenated alkanes) is 8. The van der Waals surface area contributed by atoms with E-state index in [1.54, 1.807) is 0 Å². The first-order valence-electron chi connectivity index (χ1n) is 8.19. The summed E-state index contributed by atoms with van der Waals surface area (Å²) in [5.41, 5.74) is 0. The van der Waals surface area contributed by atoms with Crippen LogP contribution in [0.15, 0.2) is 21.6 Å². The van der Waals surface area contributed by atoms with Gasteiger partial charge in [0, 0.05) is 6.54 Å². The molecule has 1 amide bonds. The molecule has 0 atom stereocenters. The van der Waals surface area contributed by atoms with E-state index in [-0.39, 0.29) is 18.9 Å². The molecule has 0 saturated heterocycles. The monoisotopic (exact) mass is 451 g/mol. The van der Waals surface area contributed by atoms with Gasteiger partial charge in [0.25, 0.3) is 0 Å². The summed E-state index contributed by atoms with van der Waals surface area (Å²) >= 11 is 6.70. The maximum absolute atomic E-state index is 11.3. The Morgan fingerprint density at radius 2 is 1.48 bits per heavy atom. The number of aliphatic carboxylic acids is 1. The van der Waals surface area contributed by atoms with Gasteiger partial charge in [-0.15, -0.1) is 0 Å².